The van der Waals surface area contributed by atoms with Crippen LogP contribution in [0.2, 0.25) is 0 Å². The highest BCUT2D eigenvalue weighted by molar-refractivity contribution is 5.78. The SMILES string of the molecule is C1COCN1.c1ccc2[nH]ccc2c1. The summed E-state index contributed by atoms with van der Waals surface area (Å²) in [4.78, 5) is 3.12. The maximum absolute atomic E-state index is 4.83. The summed E-state index contributed by atoms with van der Waals surface area (Å²) in [5.41, 5.74) is 1.21. The minimum absolute atomic E-state index is 0.750. The van der Waals surface area contributed by atoms with Gasteiger partial charge in [-0.05, 0) is 17.5 Å². The van der Waals surface area contributed by atoms with Crippen LogP contribution >= 0.6 is 0 Å². The predicted molar refractivity (Wildman–Crippen MR) is 57.1 cm³/mol. The van der Waals surface area contributed by atoms with E-state index in [0.29, 0.717) is 0 Å². The predicted octanol–water partition coefficient (Wildman–Crippen LogP) is 1.73. The van der Waals surface area contributed by atoms with E-state index in [9.17, 15) is 0 Å². The first kappa shape index (κ1) is 9.24. The largest absolute Gasteiger partial charge is 0.365 e. The molecule has 0 saturated carbocycles. The molecule has 1 saturated heterocycles. The van der Waals surface area contributed by atoms with E-state index in [2.05, 4.69) is 28.5 Å². The summed E-state index contributed by atoms with van der Waals surface area (Å²) in [6.07, 6.45) is 1.95. The minimum Gasteiger partial charge on any atom is -0.365 e. The van der Waals surface area contributed by atoms with Gasteiger partial charge in [0.15, 0.2) is 0 Å². The molecule has 0 bridgehead atoms. The molecule has 74 valence electrons. The molecule has 0 aliphatic carbocycles. The zero-order chi connectivity index (χ0) is 9.64. The molecule has 1 aromatic carbocycles. The summed E-state index contributed by atoms with van der Waals surface area (Å²) >= 11 is 0. The van der Waals surface area contributed by atoms with Crippen molar-refractivity contribution in [1.82, 2.24) is 10.3 Å². The van der Waals surface area contributed by atoms with E-state index >= 15 is 0 Å². The molecule has 1 aliphatic rings. The number of aromatic amines is 1. The van der Waals surface area contributed by atoms with E-state index in [1.807, 2.05) is 18.3 Å². The van der Waals surface area contributed by atoms with Gasteiger partial charge >= 0.3 is 0 Å². The first-order chi connectivity index (χ1) is 6.97. The van der Waals surface area contributed by atoms with Gasteiger partial charge in [-0.3, -0.25) is 5.32 Å². The number of rotatable bonds is 0. The van der Waals surface area contributed by atoms with Gasteiger partial charge in [0.05, 0.1) is 13.3 Å². The lowest BCUT2D eigenvalue weighted by atomic mass is 10.3. The Balaban J connectivity index is 0.000000128. The van der Waals surface area contributed by atoms with Gasteiger partial charge in [0.25, 0.3) is 0 Å². The van der Waals surface area contributed by atoms with Crippen LogP contribution in [0.15, 0.2) is 36.5 Å². The van der Waals surface area contributed by atoms with Crippen LogP contribution in [0.5, 0.6) is 0 Å². The van der Waals surface area contributed by atoms with Crippen molar-refractivity contribution in [2.24, 2.45) is 0 Å². The van der Waals surface area contributed by atoms with Gasteiger partial charge in [0, 0.05) is 18.3 Å². The standard InChI is InChI=1S/C8H7N.C3H7NO/c1-2-4-8-7(3-1)5-6-9-8;1-2-5-3-4-1/h1-6,9H;4H,1-3H2. The molecule has 2 heterocycles. The van der Waals surface area contributed by atoms with Gasteiger partial charge in [0.1, 0.15) is 0 Å². The Hall–Kier alpha value is -1.32. The zero-order valence-corrected chi connectivity index (χ0v) is 7.99. The summed E-state index contributed by atoms with van der Waals surface area (Å²) in [6.45, 7) is 2.67. The average molecular weight is 190 g/mol. The number of benzene rings is 1. The lowest BCUT2D eigenvalue weighted by Crippen LogP contribution is -2.05. The first-order valence-electron chi connectivity index (χ1n) is 4.77. The number of H-pyrrole nitrogens is 1. The third kappa shape index (κ3) is 2.34. The molecular weight excluding hydrogens is 176 g/mol. The molecule has 14 heavy (non-hydrogen) atoms. The van der Waals surface area contributed by atoms with Crippen LogP contribution in [0.25, 0.3) is 10.9 Å². The minimum atomic E-state index is 0.750. The number of hydrogen-bond donors (Lipinski definition) is 2. The highest BCUT2D eigenvalue weighted by atomic mass is 16.5. The number of nitrogens with one attached hydrogen (secondary N) is 2. The van der Waals surface area contributed by atoms with Gasteiger partial charge in [0.2, 0.25) is 0 Å². The summed E-state index contributed by atoms with van der Waals surface area (Å²) in [5.74, 6) is 0. The molecule has 2 N–H and O–H groups in total. The van der Waals surface area contributed by atoms with Crippen LogP contribution in [-0.2, 0) is 4.74 Å². The summed E-state index contributed by atoms with van der Waals surface area (Å²) < 4.78 is 4.83. The average Bonchev–Trinajstić information content (AvgIpc) is 2.92. The Kier molecular flexibility index (Phi) is 3.16. The number of para-hydroxylation sites is 1. The van der Waals surface area contributed by atoms with Crippen LogP contribution < -0.4 is 5.32 Å². The van der Waals surface area contributed by atoms with Crippen molar-refractivity contribution < 1.29 is 4.74 Å². The molecule has 2 aromatic rings. The highest BCUT2D eigenvalue weighted by Crippen LogP contribution is 2.09. The molecule has 3 rings (SSSR count). The topological polar surface area (TPSA) is 37.0 Å². The Morgan fingerprint density at radius 1 is 1.14 bits per heavy atom. The normalized spacial score (nSPS) is 15.1. The number of hydrogen-bond acceptors (Lipinski definition) is 2. The van der Waals surface area contributed by atoms with Crippen LogP contribution in [0.3, 0.4) is 0 Å². The van der Waals surface area contributed by atoms with Crippen molar-refractivity contribution in [1.29, 1.82) is 0 Å². The van der Waals surface area contributed by atoms with Crippen LogP contribution in [0, 0.1) is 0 Å². The smallest absolute Gasteiger partial charge is 0.0966 e. The summed E-state index contributed by atoms with van der Waals surface area (Å²) in [7, 11) is 0. The fraction of sp³-hybridized carbons (Fsp3) is 0.273. The molecular formula is C11H14N2O. The van der Waals surface area contributed by atoms with Crippen molar-refractivity contribution in [2.75, 3.05) is 19.9 Å². The van der Waals surface area contributed by atoms with Crippen molar-refractivity contribution in [3.8, 4) is 0 Å². The lowest BCUT2D eigenvalue weighted by Gasteiger charge is -1.83. The van der Waals surface area contributed by atoms with E-state index in [0.717, 1.165) is 19.9 Å². The van der Waals surface area contributed by atoms with Gasteiger partial charge < -0.3 is 9.72 Å². The summed E-state index contributed by atoms with van der Waals surface area (Å²) in [6, 6.07) is 10.3. The van der Waals surface area contributed by atoms with Crippen molar-refractivity contribution in [2.45, 2.75) is 0 Å². The number of aromatic nitrogens is 1. The Morgan fingerprint density at radius 2 is 2.07 bits per heavy atom. The fourth-order valence-corrected chi connectivity index (χ4v) is 1.36. The molecule has 3 heteroatoms. The van der Waals surface area contributed by atoms with Crippen molar-refractivity contribution in [3.05, 3.63) is 36.5 Å². The molecule has 1 aliphatic heterocycles. The Bertz CT molecular complexity index is 342. The van der Waals surface area contributed by atoms with E-state index < -0.39 is 0 Å². The quantitative estimate of drug-likeness (QED) is 0.664. The number of ether oxygens (including phenoxy) is 1. The number of fused-ring (bicyclic) bond motifs is 1. The monoisotopic (exact) mass is 190 g/mol. The third-order valence-corrected chi connectivity index (χ3v) is 2.09. The van der Waals surface area contributed by atoms with Gasteiger partial charge in [-0.1, -0.05) is 18.2 Å². The van der Waals surface area contributed by atoms with Crippen LogP contribution in [0.4, 0.5) is 0 Å². The fourth-order valence-electron chi connectivity index (χ4n) is 1.36. The zero-order valence-electron chi connectivity index (χ0n) is 7.99. The second-order valence-corrected chi connectivity index (χ2v) is 3.12. The van der Waals surface area contributed by atoms with Gasteiger partial charge in [-0.15, -0.1) is 0 Å². The van der Waals surface area contributed by atoms with E-state index in [1.54, 1.807) is 0 Å². The van der Waals surface area contributed by atoms with Gasteiger partial charge in [-0.25, -0.2) is 0 Å². The Morgan fingerprint density at radius 3 is 2.71 bits per heavy atom. The molecule has 0 spiro atoms. The van der Waals surface area contributed by atoms with Crippen LogP contribution in [0.1, 0.15) is 0 Å². The van der Waals surface area contributed by atoms with E-state index in [4.69, 9.17) is 4.74 Å². The van der Waals surface area contributed by atoms with Crippen LogP contribution in [-0.4, -0.2) is 24.9 Å². The maximum Gasteiger partial charge on any atom is 0.0966 e. The molecule has 0 unspecified atom stereocenters. The summed E-state index contributed by atoms with van der Waals surface area (Å²) in [5, 5.41) is 4.28. The van der Waals surface area contributed by atoms with Gasteiger partial charge in [-0.2, -0.15) is 0 Å². The molecule has 0 atom stereocenters. The highest BCUT2D eigenvalue weighted by Gasteiger charge is 1.92. The second-order valence-electron chi connectivity index (χ2n) is 3.12. The van der Waals surface area contributed by atoms with Crippen molar-refractivity contribution >= 4 is 10.9 Å². The van der Waals surface area contributed by atoms with E-state index in [1.165, 1.54) is 10.9 Å². The lowest BCUT2D eigenvalue weighted by molar-refractivity contribution is 0.194. The second kappa shape index (κ2) is 4.79. The molecule has 0 amide bonds. The first-order valence-corrected chi connectivity index (χ1v) is 4.77. The molecule has 1 fully saturated rings. The third-order valence-electron chi connectivity index (χ3n) is 2.09. The van der Waals surface area contributed by atoms with E-state index in [-0.39, 0.29) is 0 Å². The van der Waals surface area contributed by atoms with Crippen molar-refractivity contribution in [3.63, 3.8) is 0 Å². The molecule has 1 aromatic heterocycles. The molecule has 0 radical (unpaired) electrons. The Labute approximate surface area is 83.1 Å². The maximum atomic E-state index is 4.83. The molecule has 3 nitrogen and oxygen atoms in total.